The summed E-state index contributed by atoms with van der Waals surface area (Å²) >= 11 is 0. The van der Waals surface area contributed by atoms with Crippen molar-refractivity contribution in [1.82, 2.24) is 34.3 Å². The van der Waals surface area contributed by atoms with Crippen molar-refractivity contribution in [2.45, 2.75) is 51.3 Å². The number of nitrogens with one attached hydrogen (secondary N) is 2. The highest BCUT2D eigenvalue weighted by molar-refractivity contribution is 7.89. The zero-order valence-electron chi connectivity index (χ0n) is 20.4. The Balaban J connectivity index is 1.54. The first-order valence-electron chi connectivity index (χ1n) is 11.7. The van der Waals surface area contributed by atoms with Gasteiger partial charge in [0, 0.05) is 24.9 Å². The van der Waals surface area contributed by atoms with Crippen LogP contribution in [-0.2, 0) is 10.0 Å². The number of aromatic amines is 1. The first-order chi connectivity index (χ1) is 16.8. The van der Waals surface area contributed by atoms with E-state index < -0.39 is 10.0 Å². The van der Waals surface area contributed by atoms with Crippen LogP contribution in [0.15, 0.2) is 41.6 Å². The number of unbranched alkanes of at least 4 members (excludes halogenated alkanes) is 1. The van der Waals surface area contributed by atoms with Gasteiger partial charge in [-0.05, 0) is 44.0 Å². The Kier molecular flexibility index (Phi) is 7.41. The Morgan fingerprint density at radius 2 is 2.06 bits per heavy atom. The molecule has 0 aliphatic carbocycles. The van der Waals surface area contributed by atoms with Crippen LogP contribution in [0.4, 0.5) is 0 Å². The van der Waals surface area contributed by atoms with Gasteiger partial charge in [-0.1, -0.05) is 26.3 Å². The Morgan fingerprint density at radius 1 is 1.23 bits per heavy atom. The van der Waals surface area contributed by atoms with E-state index >= 15 is 0 Å². The number of fused-ring (bicyclic) bond motifs is 1. The summed E-state index contributed by atoms with van der Waals surface area (Å²) in [4.78, 5) is 4.81. The minimum absolute atomic E-state index is 0.136. The van der Waals surface area contributed by atoms with Crippen LogP contribution < -0.4 is 14.2 Å². The monoisotopic (exact) mass is 501 g/mol. The molecule has 188 valence electrons. The number of benzene rings is 1. The lowest BCUT2D eigenvalue weighted by Gasteiger charge is -2.15. The highest BCUT2D eigenvalue weighted by Gasteiger charge is 2.24. The van der Waals surface area contributed by atoms with Gasteiger partial charge in [-0.3, -0.25) is 5.10 Å². The highest BCUT2D eigenvalue weighted by atomic mass is 32.2. The lowest BCUT2D eigenvalue weighted by atomic mass is 10.2. The lowest BCUT2D eigenvalue weighted by molar-refractivity contribution is 0.301. The fourth-order valence-electron chi connectivity index (χ4n) is 3.54. The minimum Gasteiger partial charge on any atom is -0.492 e. The summed E-state index contributed by atoms with van der Waals surface area (Å²) in [5.41, 5.74) is 1.98. The molecule has 0 amide bonds. The van der Waals surface area contributed by atoms with Crippen molar-refractivity contribution >= 4 is 15.7 Å². The van der Waals surface area contributed by atoms with E-state index in [0.717, 1.165) is 18.4 Å². The molecule has 1 aromatic carbocycles. The Morgan fingerprint density at radius 3 is 2.77 bits per heavy atom. The average Bonchev–Trinajstić information content (AvgIpc) is 3.55. The number of rotatable bonds is 12. The summed E-state index contributed by atoms with van der Waals surface area (Å²) in [6, 6.07) is 6.98. The van der Waals surface area contributed by atoms with Gasteiger partial charge in [0.05, 0.1) is 13.2 Å². The van der Waals surface area contributed by atoms with Crippen molar-refractivity contribution in [2.75, 3.05) is 19.8 Å². The average molecular weight is 502 g/mol. The van der Waals surface area contributed by atoms with Crippen LogP contribution in [0.25, 0.3) is 11.3 Å². The number of nitrogens with zero attached hydrogens (tertiary/aromatic N) is 5. The molecule has 1 unspecified atom stereocenters. The van der Waals surface area contributed by atoms with E-state index in [4.69, 9.17) is 9.47 Å². The molecule has 0 bridgehead atoms. The summed E-state index contributed by atoms with van der Waals surface area (Å²) in [7, 11) is -3.80. The molecule has 4 aromatic rings. The number of hydrogen-bond acceptors (Lipinski definition) is 7. The predicted octanol–water partition coefficient (Wildman–Crippen LogP) is 3.21. The molecule has 35 heavy (non-hydrogen) atoms. The van der Waals surface area contributed by atoms with E-state index in [1.54, 1.807) is 35.3 Å². The second-order valence-electron chi connectivity index (χ2n) is 8.29. The predicted molar refractivity (Wildman–Crippen MR) is 131 cm³/mol. The molecule has 1 atom stereocenters. The van der Waals surface area contributed by atoms with E-state index in [0.29, 0.717) is 42.0 Å². The minimum atomic E-state index is -3.80. The van der Waals surface area contributed by atoms with Gasteiger partial charge in [0.15, 0.2) is 5.69 Å². The molecular weight excluding hydrogens is 470 g/mol. The van der Waals surface area contributed by atoms with E-state index in [1.807, 2.05) is 26.8 Å². The van der Waals surface area contributed by atoms with Crippen LogP contribution in [0, 0.1) is 6.92 Å². The van der Waals surface area contributed by atoms with E-state index in [9.17, 15) is 8.42 Å². The fraction of sp³-hybridized carbons (Fsp3) is 0.435. The smallest absolute Gasteiger partial charge is 0.263 e. The number of H-pyrrole nitrogens is 1. The third-order valence-electron chi connectivity index (χ3n) is 5.46. The summed E-state index contributed by atoms with van der Waals surface area (Å²) in [6.07, 6.45) is 5.26. The molecule has 0 radical (unpaired) electrons. The summed E-state index contributed by atoms with van der Waals surface area (Å²) in [6.45, 7) is 8.71. The van der Waals surface area contributed by atoms with Crippen molar-refractivity contribution in [3.05, 3.63) is 48.0 Å². The molecule has 0 aliphatic rings. The SMILES string of the molecule is CCCCOc1ccc(C)cc1S(=O)(=O)NCC(C)c1nc2c(-n3cccn3)c(OCC)nn2[nH]1. The van der Waals surface area contributed by atoms with Crippen molar-refractivity contribution in [1.29, 1.82) is 0 Å². The summed E-state index contributed by atoms with van der Waals surface area (Å²) in [5, 5.41) is 11.8. The topological polar surface area (TPSA) is 128 Å². The van der Waals surface area contributed by atoms with Crippen molar-refractivity contribution in [3.8, 4) is 17.3 Å². The molecule has 0 saturated carbocycles. The van der Waals surface area contributed by atoms with Gasteiger partial charge in [0.25, 0.3) is 5.88 Å². The number of aryl methyl sites for hydroxylation is 1. The summed E-state index contributed by atoms with van der Waals surface area (Å²) < 4.78 is 43.6. The lowest BCUT2D eigenvalue weighted by Crippen LogP contribution is -2.28. The maximum Gasteiger partial charge on any atom is 0.263 e. The molecular formula is C23H31N7O4S. The summed E-state index contributed by atoms with van der Waals surface area (Å²) in [5.74, 6) is 1.08. The van der Waals surface area contributed by atoms with Crippen LogP contribution in [-0.4, -0.2) is 57.8 Å². The third-order valence-corrected chi connectivity index (χ3v) is 6.90. The number of sulfonamides is 1. The normalized spacial score (nSPS) is 12.8. The molecule has 11 nitrogen and oxygen atoms in total. The van der Waals surface area contributed by atoms with Crippen molar-refractivity contribution < 1.29 is 17.9 Å². The first kappa shape index (κ1) is 24.7. The molecule has 3 aromatic heterocycles. The fourth-order valence-corrected chi connectivity index (χ4v) is 4.90. The Hall–Kier alpha value is -3.38. The van der Waals surface area contributed by atoms with Gasteiger partial charge in [0.1, 0.15) is 16.5 Å². The maximum atomic E-state index is 13.2. The van der Waals surface area contributed by atoms with Gasteiger partial charge < -0.3 is 9.47 Å². The molecule has 4 rings (SSSR count). The van der Waals surface area contributed by atoms with E-state index in [2.05, 4.69) is 31.9 Å². The molecule has 12 heteroatoms. The zero-order chi connectivity index (χ0) is 25.0. The van der Waals surface area contributed by atoms with Gasteiger partial charge >= 0.3 is 0 Å². The molecule has 0 saturated heterocycles. The number of aromatic nitrogens is 6. The van der Waals surface area contributed by atoms with Crippen LogP contribution in [0.3, 0.4) is 0 Å². The zero-order valence-corrected chi connectivity index (χ0v) is 21.2. The first-order valence-corrected chi connectivity index (χ1v) is 13.2. The second-order valence-corrected chi connectivity index (χ2v) is 10.0. The van der Waals surface area contributed by atoms with Gasteiger partial charge in [-0.2, -0.15) is 5.10 Å². The molecule has 0 spiro atoms. The second kappa shape index (κ2) is 10.5. The molecule has 0 aliphatic heterocycles. The van der Waals surface area contributed by atoms with E-state index in [1.165, 1.54) is 4.63 Å². The molecule has 3 heterocycles. The quantitative estimate of drug-likeness (QED) is 0.285. The largest absolute Gasteiger partial charge is 0.492 e. The number of hydrogen-bond donors (Lipinski definition) is 2. The van der Waals surface area contributed by atoms with Gasteiger partial charge in [0.2, 0.25) is 15.7 Å². The van der Waals surface area contributed by atoms with Crippen LogP contribution in [0.1, 0.15) is 50.9 Å². The molecule has 0 fully saturated rings. The Bertz CT molecular complexity index is 1380. The van der Waals surface area contributed by atoms with Crippen molar-refractivity contribution in [2.24, 2.45) is 0 Å². The van der Waals surface area contributed by atoms with Gasteiger partial charge in [-0.25, -0.2) is 22.8 Å². The van der Waals surface area contributed by atoms with Gasteiger partial charge in [-0.15, -0.1) is 9.73 Å². The highest BCUT2D eigenvalue weighted by Crippen LogP contribution is 2.28. The standard InChI is InChI=1S/C23H31N7O4S/c1-5-7-13-34-18-10-9-16(3)14-19(18)35(31,32)25-15-17(4)21-26-22-20(29-12-8-11-24-29)23(33-6-2)28-30(22)27-21/h8-12,14,17,25H,5-7,13,15H2,1-4H3,(H,26,27). The van der Waals surface area contributed by atoms with Crippen LogP contribution in [0.2, 0.25) is 0 Å². The maximum absolute atomic E-state index is 13.2. The number of ether oxygens (including phenoxy) is 2. The van der Waals surface area contributed by atoms with Crippen molar-refractivity contribution in [3.63, 3.8) is 0 Å². The van der Waals surface area contributed by atoms with E-state index in [-0.39, 0.29) is 17.4 Å². The van der Waals surface area contributed by atoms with Crippen LogP contribution >= 0.6 is 0 Å². The Labute approximate surface area is 204 Å². The third kappa shape index (κ3) is 5.33. The van der Waals surface area contributed by atoms with Crippen LogP contribution in [0.5, 0.6) is 11.6 Å². The molecule has 2 N–H and O–H groups in total.